The minimum atomic E-state index is -4.96. The largest absolute Gasteiger partial charge is 0.481 e. The summed E-state index contributed by atoms with van der Waals surface area (Å²) in [7, 11) is -4.70. The highest BCUT2D eigenvalue weighted by Crippen LogP contribution is 2.52. The lowest BCUT2D eigenvalue weighted by Crippen LogP contribution is -2.59. The van der Waals surface area contributed by atoms with Gasteiger partial charge < -0.3 is 10.0 Å². The summed E-state index contributed by atoms with van der Waals surface area (Å²) in [6.45, 7) is 4.74. The van der Waals surface area contributed by atoms with Crippen LogP contribution in [0.3, 0.4) is 0 Å². The zero-order chi connectivity index (χ0) is 29.3. The number of benzene rings is 2. The number of carbonyl (C=O) groups excluding carboxylic acids is 1. The van der Waals surface area contributed by atoms with Crippen molar-refractivity contribution >= 4 is 44.9 Å². The summed E-state index contributed by atoms with van der Waals surface area (Å²) in [5.41, 5.74) is -0.214. The van der Waals surface area contributed by atoms with Crippen molar-refractivity contribution < 1.29 is 36.3 Å². The second-order valence-corrected chi connectivity index (χ2v) is 13.7. The third-order valence-corrected chi connectivity index (χ3v) is 9.17. The Balaban J connectivity index is 2.28. The van der Waals surface area contributed by atoms with Gasteiger partial charge in [-0.15, -0.1) is 0 Å². The van der Waals surface area contributed by atoms with Gasteiger partial charge >= 0.3 is 12.1 Å². The predicted octanol–water partition coefficient (Wildman–Crippen LogP) is 6.53. The maximum Gasteiger partial charge on any atom is 0.402 e. The number of carboxylic acid groups (broad SMARTS) is 1. The molecule has 1 N–H and O–H groups in total. The van der Waals surface area contributed by atoms with E-state index in [1.54, 1.807) is 62.4 Å². The first-order valence-corrected chi connectivity index (χ1v) is 14.8. The maximum atomic E-state index is 14.2. The molecule has 0 aromatic heterocycles. The van der Waals surface area contributed by atoms with Gasteiger partial charge in [-0.05, 0) is 47.7 Å². The third-order valence-electron chi connectivity index (χ3n) is 7.07. The molecule has 4 unspecified atom stereocenters. The van der Waals surface area contributed by atoms with Crippen LogP contribution in [-0.2, 0) is 19.4 Å². The Bertz CT molecular complexity index is 1320. The summed E-state index contributed by atoms with van der Waals surface area (Å²) in [6.07, 6.45) is -5.42. The SMILES string of the molecule is CC(C)C(CS(=O)(=O)CC(F)(F)F)N1C(=O)C(C)(CC(=O)O)CC(c2cccc(Cl)c2)C1c1ccc(Cl)cc1. The number of nitrogens with zero attached hydrogens (tertiary/aromatic N) is 1. The Labute approximate surface area is 236 Å². The number of alkyl halides is 3. The Hall–Kier alpha value is -2.30. The monoisotopic (exact) mass is 607 g/mol. The number of amides is 1. The highest BCUT2D eigenvalue weighted by atomic mass is 35.5. The van der Waals surface area contributed by atoms with Crippen LogP contribution >= 0.6 is 23.2 Å². The molecule has 4 atom stereocenters. The van der Waals surface area contributed by atoms with Crippen LogP contribution in [-0.4, -0.2) is 54.0 Å². The predicted molar refractivity (Wildman–Crippen MR) is 144 cm³/mol. The number of sulfone groups is 1. The molecule has 1 aliphatic rings. The number of hydrogen-bond donors (Lipinski definition) is 1. The number of carbonyl (C=O) groups is 2. The first kappa shape index (κ1) is 31.2. The Morgan fingerprint density at radius 1 is 1.10 bits per heavy atom. The summed E-state index contributed by atoms with van der Waals surface area (Å²) in [6, 6.07) is 11.4. The zero-order valence-corrected chi connectivity index (χ0v) is 23.9. The Morgan fingerprint density at radius 2 is 1.72 bits per heavy atom. The van der Waals surface area contributed by atoms with Gasteiger partial charge in [0.1, 0.15) is 5.75 Å². The molecule has 1 aliphatic heterocycles. The average molecular weight is 609 g/mol. The molecule has 0 saturated carbocycles. The van der Waals surface area contributed by atoms with Crippen LogP contribution in [0.2, 0.25) is 10.0 Å². The van der Waals surface area contributed by atoms with Crippen LogP contribution in [0.25, 0.3) is 0 Å². The molecule has 0 aliphatic carbocycles. The molecule has 0 spiro atoms. The van der Waals surface area contributed by atoms with Crippen LogP contribution < -0.4 is 0 Å². The fraction of sp³-hybridized carbons (Fsp3) is 0.481. The van der Waals surface area contributed by atoms with Crippen molar-refractivity contribution in [3.8, 4) is 0 Å². The van der Waals surface area contributed by atoms with Crippen LogP contribution in [0.5, 0.6) is 0 Å². The molecular formula is C27H30Cl2F3NO5S. The number of halogens is 5. The quantitative estimate of drug-likeness (QED) is 0.350. The van der Waals surface area contributed by atoms with Gasteiger partial charge in [-0.25, -0.2) is 8.42 Å². The lowest BCUT2D eigenvalue weighted by Gasteiger charge is -2.52. The average Bonchev–Trinajstić information content (AvgIpc) is 2.78. The van der Waals surface area contributed by atoms with E-state index in [0.717, 1.165) is 0 Å². The van der Waals surface area contributed by atoms with E-state index in [4.69, 9.17) is 23.2 Å². The first-order chi connectivity index (χ1) is 17.9. The molecular weight excluding hydrogens is 578 g/mol. The molecule has 39 heavy (non-hydrogen) atoms. The second kappa shape index (κ2) is 11.7. The van der Waals surface area contributed by atoms with Crippen molar-refractivity contribution in [3.05, 3.63) is 69.7 Å². The molecule has 2 aromatic carbocycles. The molecule has 1 fully saturated rings. The van der Waals surface area contributed by atoms with Crippen molar-refractivity contribution in [2.45, 2.75) is 57.8 Å². The third kappa shape index (κ3) is 7.67. The van der Waals surface area contributed by atoms with Crippen LogP contribution in [0.4, 0.5) is 13.2 Å². The van der Waals surface area contributed by atoms with Gasteiger partial charge in [0.25, 0.3) is 0 Å². The number of hydrogen-bond acceptors (Lipinski definition) is 4. The fourth-order valence-corrected chi connectivity index (χ4v) is 7.41. The molecule has 1 heterocycles. The summed E-state index contributed by atoms with van der Waals surface area (Å²) >= 11 is 12.4. The van der Waals surface area contributed by atoms with E-state index in [2.05, 4.69) is 0 Å². The first-order valence-electron chi connectivity index (χ1n) is 12.2. The van der Waals surface area contributed by atoms with Crippen molar-refractivity contribution in [3.63, 3.8) is 0 Å². The Kier molecular flexibility index (Phi) is 9.34. The summed E-state index contributed by atoms with van der Waals surface area (Å²) in [4.78, 5) is 27.4. The second-order valence-electron chi connectivity index (χ2n) is 10.7. The minimum Gasteiger partial charge on any atom is -0.481 e. The fourth-order valence-electron chi connectivity index (χ4n) is 5.41. The number of likely N-dealkylation sites (tertiary alicyclic amines) is 1. The molecule has 0 radical (unpaired) electrons. The van der Waals surface area contributed by atoms with E-state index >= 15 is 0 Å². The van der Waals surface area contributed by atoms with Crippen molar-refractivity contribution in [2.24, 2.45) is 11.3 Å². The van der Waals surface area contributed by atoms with Crippen molar-refractivity contribution in [1.29, 1.82) is 0 Å². The van der Waals surface area contributed by atoms with E-state index in [-0.39, 0.29) is 6.42 Å². The summed E-state index contributed by atoms with van der Waals surface area (Å²) in [5.74, 6) is -5.97. The molecule has 3 rings (SSSR count). The van der Waals surface area contributed by atoms with E-state index in [1.165, 1.54) is 11.8 Å². The molecule has 1 amide bonds. The number of aliphatic carboxylic acids is 1. The lowest BCUT2D eigenvalue weighted by molar-refractivity contribution is -0.161. The van der Waals surface area contributed by atoms with Crippen LogP contribution in [0, 0.1) is 11.3 Å². The van der Waals surface area contributed by atoms with Gasteiger partial charge in [-0.3, -0.25) is 9.59 Å². The van der Waals surface area contributed by atoms with Gasteiger partial charge in [0.2, 0.25) is 5.91 Å². The zero-order valence-electron chi connectivity index (χ0n) is 21.6. The molecule has 12 heteroatoms. The van der Waals surface area contributed by atoms with Crippen LogP contribution in [0.1, 0.15) is 56.7 Å². The summed E-state index contributed by atoms with van der Waals surface area (Å²) < 4.78 is 64.9. The van der Waals surface area contributed by atoms with E-state index in [0.29, 0.717) is 21.2 Å². The van der Waals surface area contributed by atoms with Gasteiger partial charge in [0.05, 0.1) is 23.6 Å². The highest BCUT2D eigenvalue weighted by molar-refractivity contribution is 7.91. The van der Waals surface area contributed by atoms with E-state index < -0.39 is 75.2 Å². The van der Waals surface area contributed by atoms with Crippen LogP contribution in [0.15, 0.2) is 48.5 Å². The molecule has 2 aromatic rings. The minimum absolute atomic E-state index is 0.0857. The number of piperidine rings is 1. The molecule has 0 bridgehead atoms. The molecule has 214 valence electrons. The van der Waals surface area contributed by atoms with E-state index in [9.17, 15) is 36.3 Å². The van der Waals surface area contributed by atoms with Crippen molar-refractivity contribution in [2.75, 3.05) is 11.5 Å². The van der Waals surface area contributed by atoms with E-state index in [1.807, 2.05) is 0 Å². The standard InChI is InChI=1S/C27H30Cl2F3NO5S/c1-16(2)22(14-39(37,38)15-27(30,31)32)33-24(17-7-9-19(28)10-8-17)21(18-5-4-6-20(29)11-18)12-26(3,25(33)36)13-23(34)35/h4-11,16,21-22,24H,12-15H2,1-3H3,(H,34,35). The normalized spacial score (nSPS) is 23.2. The number of carboxylic acids is 1. The molecule has 1 saturated heterocycles. The smallest absolute Gasteiger partial charge is 0.402 e. The number of rotatable bonds is 9. The van der Waals surface area contributed by atoms with Gasteiger partial charge in [-0.2, -0.15) is 13.2 Å². The van der Waals surface area contributed by atoms with Gasteiger partial charge in [0, 0.05) is 22.0 Å². The Morgan fingerprint density at radius 3 is 2.23 bits per heavy atom. The highest BCUT2D eigenvalue weighted by Gasteiger charge is 2.53. The topological polar surface area (TPSA) is 91.8 Å². The lowest BCUT2D eigenvalue weighted by atomic mass is 9.66. The van der Waals surface area contributed by atoms with Crippen molar-refractivity contribution in [1.82, 2.24) is 4.90 Å². The van der Waals surface area contributed by atoms with Gasteiger partial charge in [-0.1, -0.05) is 68.2 Å². The molecule has 6 nitrogen and oxygen atoms in total. The summed E-state index contributed by atoms with van der Waals surface area (Å²) in [5, 5.41) is 10.5. The maximum absolute atomic E-state index is 14.2. The van der Waals surface area contributed by atoms with Gasteiger partial charge in [0.15, 0.2) is 9.84 Å².